The molecular weight excluding hydrogens is 407 g/mol. The molecule has 2 aromatic rings. The van der Waals surface area contributed by atoms with Crippen LogP contribution < -0.4 is 5.30 Å². The van der Waals surface area contributed by atoms with Crippen molar-refractivity contribution in [1.82, 2.24) is 0 Å². The maximum atomic E-state index is 15.5. The maximum Gasteiger partial charge on any atom is 0.122 e. The summed E-state index contributed by atoms with van der Waals surface area (Å²) in [4.78, 5) is 0. The Labute approximate surface area is 196 Å². The van der Waals surface area contributed by atoms with Crippen LogP contribution in [0, 0.1) is 0 Å². The number of rotatable bonds is 6. The summed E-state index contributed by atoms with van der Waals surface area (Å²) in [5, 5.41) is 1.22. The summed E-state index contributed by atoms with van der Waals surface area (Å²) < 4.78 is 15.5. The van der Waals surface area contributed by atoms with Gasteiger partial charge in [-0.3, -0.25) is 0 Å². The predicted octanol–water partition coefficient (Wildman–Crippen LogP) is 9.25. The molecule has 0 amide bonds. The van der Waals surface area contributed by atoms with Gasteiger partial charge in [0.1, 0.15) is 7.14 Å². The predicted molar refractivity (Wildman–Crippen MR) is 141 cm³/mol. The second-order valence-corrected chi connectivity index (χ2v) is 14.3. The van der Waals surface area contributed by atoms with E-state index in [1.807, 2.05) is 0 Å². The van der Waals surface area contributed by atoms with Crippen LogP contribution in [0.15, 0.2) is 42.5 Å². The van der Waals surface area contributed by atoms with Crippen LogP contribution in [0.25, 0.3) is 11.1 Å². The SMILES string of the molecule is CC(C)c1cccc(C(C)C)c1-c1ccccc1P(=O)(C1CCCCC1)C1CCCCC1. The van der Waals surface area contributed by atoms with Crippen LogP contribution in [0.4, 0.5) is 0 Å². The van der Waals surface area contributed by atoms with E-state index in [9.17, 15) is 0 Å². The van der Waals surface area contributed by atoms with Crippen molar-refractivity contribution in [2.45, 2.75) is 115 Å². The third kappa shape index (κ3) is 4.52. The highest BCUT2D eigenvalue weighted by molar-refractivity contribution is 7.73. The first kappa shape index (κ1) is 23.8. The molecule has 174 valence electrons. The summed E-state index contributed by atoms with van der Waals surface area (Å²) in [5.74, 6) is 0.890. The molecule has 2 heteroatoms. The van der Waals surface area contributed by atoms with E-state index < -0.39 is 7.14 Å². The fourth-order valence-corrected chi connectivity index (χ4v) is 11.0. The molecule has 2 aliphatic carbocycles. The van der Waals surface area contributed by atoms with E-state index >= 15 is 4.57 Å². The first-order valence-electron chi connectivity index (χ1n) is 13.3. The Morgan fingerprint density at radius 1 is 0.656 bits per heavy atom. The summed E-state index contributed by atoms with van der Waals surface area (Å²) >= 11 is 0. The van der Waals surface area contributed by atoms with Gasteiger partial charge in [-0.05, 0) is 59.8 Å². The molecule has 0 aliphatic heterocycles. The number of hydrogen-bond acceptors (Lipinski definition) is 1. The Morgan fingerprint density at radius 2 is 1.12 bits per heavy atom. The van der Waals surface area contributed by atoms with Crippen LogP contribution in [0.1, 0.15) is 115 Å². The third-order valence-corrected chi connectivity index (χ3v) is 12.5. The first-order chi connectivity index (χ1) is 15.4. The summed E-state index contributed by atoms with van der Waals surface area (Å²) in [7, 11) is -2.53. The lowest BCUT2D eigenvalue weighted by Gasteiger charge is -2.39. The van der Waals surface area contributed by atoms with Crippen molar-refractivity contribution in [3.63, 3.8) is 0 Å². The average Bonchev–Trinajstić information content (AvgIpc) is 2.84. The lowest BCUT2D eigenvalue weighted by atomic mass is 9.85. The van der Waals surface area contributed by atoms with Gasteiger partial charge < -0.3 is 4.57 Å². The largest absolute Gasteiger partial charge is 0.318 e. The van der Waals surface area contributed by atoms with Gasteiger partial charge in [-0.25, -0.2) is 0 Å². The normalized spacial score (nSPS) is 19.1. The zero-order valence-corrected chi connectivity index (χ0v) is 21.7. The molecular formula is C30H43OP. The summed E-state index contributed by atoms with van der Waals surface area (Å²) in [6.45, 7) is 9.20. The molecule has 32 heavy (non-hydrogen) atoms. The molecule has 1 nitrogen and oxygen atoms in total. The van der Waals surface area contributed by atoms with E-state index in [0.29, 0.717) is 23.2 Å². The molecule has 2 fully saturated rings. The summed E-state index contributed by atoms with van der Waals surface area (Å²) in [6.07, 6.45) is 12.3. The maximum absolute atomic E-state index is 15.5. The van der Waals surface area contributed by atoms with Crippen LogP contribution in [-0.4, -0.2) is 11.3 Å². The van der Waals surface area contributed by atoms with Gasteiger partial charge in [0.2, 0.25) is 0 Å². The van der Waals surface area contributed by atoms with E-state index in [0.717, 1.165) is 25.7 Å². The van der Waals surface area contributed by atoms with Crippen molar-refractivity contribution in [3.05, 3.63) is 53.6 Å². The van der Waals surface area contributed by atoms with E-state index in [-0.39, 0.29) is 0 Å². The fourth-order valence-electron chi connectivity index (χ4n) is 6.47. The minimum Gasteiger partial charge on any atom is -0.318 e. The molecule has 2 saturated carbocycles. The van der Waals surface area contributed by atoms with Crippen molar-refractivity contribution in [3.8, 4) is 11.1 Å². The minimum absolute atomic E-state index is 0.384. The Balaban J connectivity index is 1.95. The molecule has 0 spiro atoms. The molecule has 2 aliphatic rings. The smallest absolute Gasteiger partial charge is 0.122 e. The summed E-state index contributed by atoms with van der Waals surface area (Å²) in [5.41, 5.74) is 6.23. The number of benzene rings is 2. The lowest BCUT2D eigenvalue weighted by Crippen LogP contribution is -2.30. The third-order valence-electron chi connectivity index (χ3n) is 8.16. The molecule has 0 saturated heterocycles. The van der Waals surface area contributed by atoms with Crippen LogP contribution in [0.2, 0.25) is 0 Å². The molecule has 4 rings (SSSR count). The van der Waals surface area contributed by atoms with Gasteiger partial charge in [0, 0.05) is 16.6 Å². The van der Waals surface area contributed by atoms with E-state index in [4.69, 9.17) is 0 Å². The van der Waals surface area contributed by atoms with Crippen LogP contribution in [0.3, 0.4) is 0 Å². The first-order valence-corrected chi connectivity index (χ1v) is 15.1. The second-order valence-electron chi connectivity index (χ2n) is 10.9. The molecule has 0 radical (unpaired) electrons. The van der Waals surface area contributed by atoms with Crippen LogP contribution in [0.5, 0.6) is 0 Å². The van der Waals surface area contributed by atoms with Crippen LogP contribution >= 0.6 is 7.14 Å². The van der Waals surface area contributed by atoms with Gasteiger partial charge in [0.05, 0.1) is 0 Å². The Morgan fingerprint density at radius 3 is 1.59 bits per heavy atom. The van der Waals surface area contributed by atoms with Crippen molar-refractivity contribution in [1.29, 1.82) is 0 Å². The fraction of sp³-hybridized carbons (Fsp3) is 0.600. The molecule has 0 bridgehead atoms. The van der Waals surface area contributed by atoms with Gasteiger partial charge in [-0.2, -0.15) is 0 Å². The molecule has 0 atom stereocenters. The zero-order valence-electron chi connectivity index (χ0n) is 20.8. The summed E-state index contributed by atoms with van der Waals surface area (Å²) in [6, 6.07) is 15.7. The van der Waals surface area contributed by atoms with E-state index in [2.05, 4.69) is 70.2 Å². The van der Waals surface area contributed by atoms with E-state index in [1.165, 1.54) is 66.1 Å². The van der Waals surface area contributed by atoms with Crippen molar-refractivity contribution in [2.24, 2.45) is 0 Å². The Kier molecular flexibility index (Phi) is 7.66. The minimum atomic E-state index is -2.53. The monoisotopic (exact) mass is 450 g/mol. The number of hydrogen-bond donors (Lipinski definition) is 0. The molecule has 0 unspecified atom stereocenters. The molecule has 2 aromatic carbocycles. The van der Waals surface area contributed by atoms with Gasteiger partial charge in [-0.1, -0.05) is 109 Å². The molecule has 0 N–H and O–H groups in total. The van der Waals surface area contributed by atoms with Gasteiger partial charge in [-0.15, -0.1) is 0 Å². The quantitative estimate of drug-likeness (QED) is 0.401. The Hall–Kier alpha value is -1.33. The van der Waals surface area contributed by atoms with Gasteiger partial charge >= 0.3 is 0 Å². The standard InChI is InChI=1S/C30H43OP/c1-22(2)26-19-13-20-27(23(3)4)30(26)28-18-11-12-21-29(28)32(31,24-14-7-5-8-15-24)25-16-9-6-10-17-25/h11-13,18-25H,5-10,14-17H2,1-4H3. The van der Waals surface area contributed by atoms with Gasteiger partial charge in [0.15, 0.2) is 0 Å². The highest BCUT2D eigenvalue weighted by Crippen LogP contribution is 2.63. The lowest BCUT2D eigenvalue weighted by molar-refractivity contribution is 0.453. The molecule has 0 heterocycles. The topological polar surface area (TPSA) is 17.1 Å². The highest BCUT2D eigenvalue weighted by atomic mass is 31.2. The van der Waals surface area contributed by atoms with Crippen molar-refractivity contribution in [2.75, 3.05) is 0 Å². The highest BCUT2D eigenvalue weighted by Gasteiger charge is 2.44. The van der Waals surface area contributed by atoms with Crippen molar-refractivity contribution < 1.29 is 4.57 Å². The average molecular weight is 451 g/mol. The molecule has 0 aromatic heterocycles. The Bertz CT molecular complexity index is 897. The second kappa shape index (κ2) is 10.3. The van der Waals surface area contributed by atoms with Crippen LogP contribution in [-0.2, 0) is 4.57 Å². The van der Waals surface area contributed by atoms with Gasteiger partial charge in [0.25, 0.3) is 0 Å². The zero-order chi connectivity index (χ0) is 22.7. The van der Waals surface area contributed by atoms with Crippen molar-refractivity contribution >= 4 is 12.4 Å². The van der Waals surface area contributed by atoms with E-state index in [1.54, 1.807) is 0 Å².